The van der Waals surface area contributed by atoms with Gasteiger partial charge in [-0.05, 0) is 12.3 Å². The van der Waals surface area contributed by atoms with E-state index < -0.39 is 10.4 Å². The summed E-state index contributed by atoms with van der Waals surface area (Å²) >= 11 is 0. The standard InChI is InChI=1S/C8H16N2O4S/c11-15(12)13-9-10(14-15)7-6-8-4-2-1-3-5-8/h8-9H,1-7H2. The molecule has 15 heavy (non-hydrogen) atoms. The van der Waals surface area contributed by atoms with Crippen LogP contribution >= 0.6 is 0 Å². The smallest absolute Gasteiger partial charge is 0.166 e. The van der Waals surface area contributed by atoms with Crippen molar-refractivity contribution in [3.8, 4) is 0 Å². The average Bonchev–Trinajstić information content (AvgIpc) is 2.57. The maximum atomic E-state index is 10.7. The number of hydroxylamine groups is 1. The highest BCUT2D eigenvalue weighted by Crippen LogP contribution is 2.26. The fourth-order valence-corrected chi connectivity index (χ4v) is 2.62. The van der Waals surface area contributed by atoms with E-state index in [1.807, 2.05) is 0 Å². The second-order valence-electron chi connectivity index (χ2n) is 4.05. The van der Waals surface area contributed by atoms with E-state index in [1.54, 1.807) is 0 Å². The molecule has 1 saturated heterocycles. The predicted octanol–water partition coefficient (Wildman–Crippen LogP) is 0.885. The minimum absolute atomic E-state index is 0.532. The van der Waals surface area contributed by atoms with Gasteiger partial charge in [-0.25, -0.2) is 0 Å². The van der Waals surface area contributed by atoms with Crippen LogP contribution in [0.25, 0.3) is 0 Å². The summed E-state index contributed by atoms with van der Waals surface area (Å²) in [7, 11) is -3.83. The first-order valence-corrected chi connectivity index (χ1v) is 6.65. The third-order valence-corrected chi connectivity index (χ3v) is 3.53. The van der Waals surface area contributed by atoms with Crippen LogP contribution in [0, 0.1) is 5.92 Å². The Morgan fingerprint density at radius 1 is 1.27 bits per heavy atom. The molecule has 0 unspecified atom stereocenters. The Hall–Kier alpha value is -0.210. The van der Waals surface area contributed by atoms with E-state index in [9.17, 15) is 8.42 Å². The summed E-state index contributed by atoms with van der Waals surface area (Å²) in [6, 6.07) is 0. The largest absolute Gasteiger partial charge is 0.435 e. The second-order valence-corrected chi connectivity index (χ2v) is 5.18. The molecule has 0 aromatic rings. The molecule has 0 amide bonds. The molecule has 2 aliphatic rings. The Kier molecular flexibility index (Phi) is 3.57. The summed E-state index contributed by atoms with van der Waals surface area (Å²) < 4.78 is 30.2. The summed E-state index contributed by atoms with van der Waals surface area (Å²) in [5.74, 6) is 0.687. The number of nitrogens with zero attached hydrogens (tertiary/aromatic N) is 1. The van der Waals surface area contributed by atoms with Gasteiger partial charge in [-0.15, -0.1) is 8.57 Å². The third-order valence-electron chi connectivity index (χ3n) is 2.89. The molecular weight excluding hydrogens is 220 g/mol. The van der Waals surface area contributed by atoms with Gasteiger partial charge in [0.2, 0.25) is 0 Å². The van der Waals surface area contributed by atoms with Crippen molar-refractivity contribution in [3.05, 3.63) is 0 Å². The third kappa shape index (κ3) is 3.39. The van der Waals surface area contributed by atoms with Crippen LogP contribution in [0.1, 0.15) is 38.5 Å². The van der Waals surface area contributed by atoms with Gasteiger partial charge in [0.05, 0.1) is 0 Å². The van der Waals surface area contributed by atoms with Gasteiger partial charge in [-0.2, -0.15) is 8.42 Å². The molecule has 7 heteroatoms. The first kappa shape index (κ1) is 11.3. The maximum Gasteiger partial charge on any atom is 0.435 e. The molecule has 6 nitrogen and oxygen atoms in total. The summed E-state index contributed by atoms with van der Waals surface area (Å²) in [4.78, 5) is 0. The van der Waals surface area contributed by atoms with Crippen LogP contribution in [0.3, 0.4) is 0 Å². The molecule has 1 heterocycles. The van der Waals surface area contributed by atoms with Crippen molar-refractivity contribution in [3.63, 3.8) is 0 Å². The Bertz CT molecular complexity index is 300. The lowest BCUT2D eigenvalue weighted by Crippen LogP contribution is -2.31. The molecule has 0 spiro atoms. The van der Waals surface area contributed by atoms with Gasteiger partial charge >= 0.3 is 10.4 Å². The van der Waals surface area contributed by atoms with E-state index in [4.69, 9.17) is 0 Å². The Labute approximate surface area is 89.7 Å². The lowest BCUT2D eigenvalue weighted by atomic mass is 9.87. The van der Waals surface area contributed by atoms with Gasteiger partial charge in [-0.1, -0.05) is 42.9 Å². The van der Waals surface area contributed by atoms with Crippen molar-refractivity contribution in [2.45, 2.75) is 38.5 Å². The summed E-state index contributed by atoms with van der Waals surface area (Å²) in [5, 5.41) is 1.13. The van der Waals surface area contributed by atoms with Crippen LogP contribution < -0.4 is 5.59 Å². The van der Waals surface area contributed by atoms with E-state index in [1.165, 1.54) is 32.1 Å². The van der Waals surface area contributed by atoms with Crippen LogP contribution in [0.4, 0.5) is 0 Å². The first-order valence-electron chi connectivity index (χ1n) is 5.32. The van der Waals surface area contributed by atoms with Crippen molar-refractivity contribution in [1.29, 1.82) is 0 Å². The van der Waals surface area contributed by atoms with Crippen molar-refractivity contribution < 1.29 is 17.0 Å². The number of hydrazine groups is 1. The predicted molar refractivity (Wildman–Crippen MR) is 52.1 cm³/mol. The molecular formula is C8H16N2O4S. The molecule has 0 atom stereocenters. The minimum Gasteiger partial charge on any atom is -0.166 e. The topological polar surface area (TPSA) is 67.9 Å². The number of hydrogen-bond acceptors (Lipinski definition) is 6. The van der Waals surface area contributed by atoms with Gasteiger partial charge in [0.15, 0.2) is 0 Å². The van der Waals surface area contributed by atoms with Gasteiger partial charge in [0.25, 0.3) is 0 Å². The molecule has 0 bridgehead atoms. The first-order chi connectivity index (χ1) is 7.16. The van der Waals surface area contributed by atoms with E-state index in [0.717, 1.165) is 11.6 Å². The van der Waals surface area contributed by atoms with E-state index >= 15 is 0 Å². The lowest BCUT2D eigenvalue weighted by molar-refractivity contribution is -0.116. The Morgan fingerprint density at radius 2 is 2.00 bits per heavy atom. The van der Waals surface area contributed by atoms with Crippen molar-refractivity contribution in [2.75, 3.05) is 6.54 Å². The highest BCUT2D eigenvalue weighted by molar-refractivity contribution is 7.81. The highest BCUT2D eigenvalue weighted by Gasteiger charge is 2.28. The summed E-state index contributed by atoms with van der Waals surface area (Å²) in [6.07, 6.45) is 7.31. The van der Waals surface area contributed by atoms with Gasteiger partial charge in [0.1, 0.15) is 0 Å². The second kappa shape index (κ2) is 4.75. The van der Waals surface area contributed by atoms with Crippen molar-refractivity contribution in [1.82, 2.24) is 10.8 Å². The Morgan fingerprint density at radius 3 is 2.60 bits per heavy atom. The molecule has 2 rings (SSSR count). The molecule has 1 aliphatic heterocycles. The summed E-state index contributed by atoms with van der Waals surface area (Å²) in [5.41, 5.74) is 2.21. The van der Waals surface area contributed by atoms with Crippen LogP contribution in [-0.2, 0) is 19.0 Å². The maximum absolute atomic E-state index is 10.7. The van der Waals surface area contributed by atoms with Crippen molar-refractivity contribution >= 4 is 10.4 Å². The SMILES string of the molecule is O=S1(=O)ONN(CCC2CCCCC2)O1. The molecule has 1 N–H and O–H groups in total. The summed E-state index contributed by atoms with van der Waals surface area (Å²) in [6.45, 7) is 0.532. The Balaban J connectivity index is 1.70. The fourth-order valence-electron chi connectivity index (χ4n) is 2.09. The fraction of sp³-hybridized carbons (Fsp3) is 1.00. The molecule has 1 saturated carbocycles. The van der Waals surface area contributed by atoms with Gasteiger partial charge < -0.3 is 0 Å². The van der Waals surface area contributed by atoms with Crippen LogP contribution in [0.15, 0.2) is 0 Å². The number of nitrogens with one attached hydrogen (secondary N) is 1. The lowest BCUT2D eigenvalue weighted by Gasteiger charge is -2.22. The number of hydrogen-bond donors (Lipinski definition) is 1. The highest BCUT2D eigenvalue weighted by atomic mass is 32.3. The molecule has 1 aliphatic carbocycles. The van der Waals surface area contributed by atoms with Gasteiger partial charge in [-0.3, -0.25) is 0 Å². The minimum atomic E-state index is -3.83. The zero-order valence-corrected chi connectivity index (χ0v) is 9.33. The quantitative estimate of drug-likeness (QED) is 0.784. The number of rotatable bonds is 3. The van der Waals surface area contributed by atoms with Crippen LogP contribution in [-0.4, -0.2) is 20.1 Å². The zero-order valence-electron chi connectivity index (χ0n) is 8.52. The van der Waals surface area contributed by atoms with Crippen LogP contribution in [0.2, 0.25) is 0 Å². The zero-order chi connectivity index (χ0) is 10.7. The van der Waals surface area contributed by atoms with E-state index in [0.29, 0.717) is 12.5 Å². The van der Waals surface area contributed by atoms with E-state index in [2.05, 4.69) is 14.2 Å². The molecule has 88 valence electrons. The normalized spacial score (nSPS) is 28.3. The molecule has 0 radical (unpaired) electrons. The molecule has 2 fully saturated rings. The average molecular weight is 236 g/mol. The van der Waals surface area contributed by atoms with Crippen LogP contribution in [0.5, 0.6) is 0 Å². The monoisotopic (exact) mass is 236 g/mol. The molecule has 0 aromatic heterocycles. The van der Waals surface area contributed by atoms with E-state index in [-0.39, 0.29) is 0 Å². The van der Waals surface area contributed by atoms with Crippen molar-refractivity contribution in [2.24, 2.45) is 5.92 Å². The van der Waals surface area contributed by atoms with Gasteiger partial charge in [0, 0.05) is 6.54 Å². The molecule has 0 aromatic carbocycles.